The highest BCUT2D eigenvalue weighted by molar-refractivity contribution is 6.04. The standard InChI is InChI=1S/C25H24N8O3/c1-27-23(35)17-13-28-25(29-14-17)33-11-9-32(10-12-33)24(36)16-7-5-15(6-8-16)22-30-19-4-2-3-18(21(26)34)20(19)31-22/h2-8,13-14H,9-12H2,1H3,(H2,26,34)(H,27,35)(H,30,31). The van der Waals surface area contributed by atoms with Gasteiger partial charge in [0.2, 0.25) is 5.95 Å². The number of hydrogen-bond acceptors (Lipinski definition) is 7. The van der Waals surface area contributed by atoms with Crippen molar-refractivity contribution in [2.45, 2.75) is 0 Å². The fraction of sp³-hybridized carbons (Fsp3) is 0.200. The fourth-order valence-corrected chi connectivity index (χ4v) is 4.18. The van der Waals surface area contributed by atoms with Crippen molar-refractivity contribution in [2.75, 3.05) is 38.1 Å². The first-order chi connectivity index (χ1) is 17.4. The van der Waals surface area contributed by atoms with E-state index in [0.717, 1.165) is 5.56 Å². The lowest BCUT2D eigenvalue weighted by molar-refractivity contribution is 0.0745. The van der Waals surface area contributed by atoms with Gasteiger partial charge in [0, 0.05) is 56.7 Å². The summed E-state index contributed by atoms with van der Waals surface area (Å²) in [6, 6.07) is 12.4. The minimum absolute atomic E-state index is 0.0577. The summed E-state index contributed by atoms with van der Waals surface area (Å²) in [4.78, 5) is 56.5. The van der Waals surface area contributed by atoms with Crippen molar-refractivity contribution < 1.29 is 14.4 Å². The molecule has 0 bridgehead atoms. The summed E-state index contributed by atoms with van der Waals surface area (Å²) in [7, 11) is 1.56. The van der Waals surface area contributed by atoms with Crippen molar-refractivity contribution in [3.05, 3.63) is 71.5 Å². The molecule has 1 aliphatic rings. The molecule has 1 saturated heterocycles. The molecular weight excluding hydrogens is 460 g/mol. The Kier molecular flexibility index (Phi) is 6.03. The van der Waals surface area contributed by atoms with Crippen LogP contribution in [0.5, 0.6) is 0 Å². The number of nitrogens with two attached hydrogens (primary N) is 1. The Labute approximate surface area is 206 Å². The number of nitrogens with zero attached hydrogens (tertiary/aromatic N) is 5. The van der Waals surface area contributed by atoms with E-state index in [-0.39, 0.29) is 11.8 Å². The molecule has 0 radical (unpaired) electrons. The van der Waals surface area contributed by atoms with Crippen LogP contribution in [0, 0.1) is 0 Å². The first-order valence-electron chi connectivity index (χ1n) is 11.4. The van der Waals surface area contributed by atoms with E-state index in [4.69, 9.17) is 5.73 Å². The number of aromatic amines is 1. The summed E-state index contributed by atoms with van der Waals surface area (Å²) < 4.78 is 0. The van der Waals surface area contributed by atoms with Crippen LogP contribution in [0.15, 0.2) is 54.9 Å². The van der Waals surface area contributed by atoms with Gasteiger partial charge in [0.05, 0.1) is 16.6 Å². The molecule has 11 nitrogen and oxygen atoms in total. The van der Waals surface area contributed by atoms with Gasteiger partial charge in [-0.3, -0.25) is 14.4 Å². The van der Waals surface area contributed by atoms with Crippen LogP contribution in [0.3, 0.4) is 0 Å². The number of nitrogens with one attached hydrogen (secondary N) is 2. The molecule has 0 unspecified atom stereocenters. The molecule has 3 amide bonds. The van der Waals surface area contributed by atoms with Gasteiger partial charge in [-0.05, 0) is 24.3 Å². The molecular formula is C25H24N8O3. The van der Waals surface area contributed by atoms with Crippen molar-refractivity contribution in [3.63, 3.8) is 0 Å². The minimum Gasteiger partial charge on any atom is -0.366 e. The number of benzene rings is 2. The third-order valence-electron chi connectivity index (χ3n) is 6.16. The predicted octanol–water partition coefficient (Wildman–Crippen LogP) is 1.44. The van der Waals surface area contributed by atoms with Crippen LogP contribution >= 0.6 is 0 Å². The van der Waals surface area contributed by atoms with Gasteiger partial charge < -0.3 is 25.8 Å². The van der Waals surface area contributed by atoms with E-state index in [0.29, 0.717) is 65.7 Å². The summed E-state index contributed by atoms with van der Waals surface area (Å²) in [5, 5.41) is 2.54. The zero-order valence-electron chi connectivity index (χ0n) is 19.6. The number of fused-ring (bicyclic) bond motifs is 1. The highest BCUT2D eigenvalue weighted by atomic mass is 16.2. The van der Waals surface area contributed by atoms with Gasteiger partial charge in [0.15, 0.2) is 0 Å². The van der Waals surface area contributed by atoms with E-state index in [1.807, 2.05) is 23.1 Å². The zero-order chi connectivity index (χ0) is 25.2. The second kappa shape index (κ2) is 9.45. The van der Waals surface area contributed by atoms with Crippen LogP contribution < -0.4 is 16.0 Å². The number of carbonyl (C=O) groups excluding carboxylic acids is 3. The normalized spacial score (nSPS) is 13.6. The summed E-state index contributed by atoms with van der Waals surface area (Å²) in [5.41, 5.74) is 8.81. The number of amides is 3. The Morgan fingerprint density at radius 2 is 1.64 bits per heavy atom. The Bertz CT molecular complexity index is 1440. The maximum atomic E-state index is 13.1. The Hall–Kier alpha value is -4.80. The Morgan fingerprint density at radius 3 is 2.28 bits per heavy atom. The van der Waals surface area contributed by atoms with Crippen molar-refractivity contribution in [1.82, 2.24) is 30.2 Å². The van der Waals surface area contributed by atoms with Crippen LogP contribution in [0.25, 0.3) is 22.4 Å². The lowest BCUT2D eigenvalue weighted by Crippen LogP contribution is -2.49. The molecule has 0 saturated carbocycles. The molecule has 2 aromatic carbocycles. The van der Waals surface area contributed by atoms with E-state index >= 15 is 0 Å². The predicted molar refractivity (Wildman–Crippen MR) is 134 cm³/mol. The highest BCUT2D eigenvalue weighted by Crippen LogP contribution is 2.24. The number of rotatable bonds is 5. The van der Waals surface area contributed by atoms with Crippen molar-refractivity contribution in [3.8, 4) is 11.4 Å². The van der Waals surface area contributed by atoms with Gasteiger partial charge in [-0.25, -0.2) is 15.0 Å². The van der Waals surface area contributed by atoms with Gasteiger partial charge in [-0.1, -0.05) is 18.2 Å². The molecule has 1 fully saturated rings. The van der Waals surface area contributed by atoms with Gasteiger partial charge >= 0.3 is 0 Å². The Balaban J connectivity index is 1.24. The molecule has 5 rings (SSSR count). The minimum atomic E-state index is -0.535. The second-order valence-electron chi connectivity index (χ2n) is 8.36. The number of primary amides is 1. The summed E-state index contributed by atoms with van der Waals surface area (Å²) in [5.74, 6) is 0.293. The maximum absolute atomic E-state index is 13.1. The van der Waals surface area contributed by atoms with E-state index in [9.17, 15) is 14.4 Å². The average Bonchev–Trinajstić information content (AvgIpc) is 3.37. The molecule has 4 aromatic rings. The molecule has 1 aliphatic heterocycles. The summed E-state index contributed by atoms with van der Waals surface area (Å²) >= 11 is 0. The molecule has 4 N–H and O–H groups in total. The smallest absolute Gasteiger partial charge is 0.254 e. The third kappa shape index (κ3) is 4.33. The van der Waals surface area contributed by atoms with Crippen molar-refractivity contribution >= 4 is 34.7 Å². The molecule has 0 atom stereocenters. The number of para-hydroxylation sites is 1. The van der Waals surface area contributed by atoms with Crippen LogP contribution in [-0.4, -0.2) is 75.8 Å². The van der Waals surface area contributed by atoms with Crippen molar-refractivity contribution in [2.24, 2.45) is 5.73 Å². The van der Waals surface area contributed by atoms with Crippen LogP contribution in [0.1, 0.15) is 31.1 Å². The lowest BCUT2D eigenvalue weighted by Gasteiger charge is -2.34. The van der Waals surface area contributed by atoms with Gasteiger partial charge in [0.1, 0.15) is 11.3 Å². The first-order valence-corrected chi connectivity index (χ1v) is 11.4. The number of imidazole rings is 1. The topological polar surface area (TPSA) is 150 Å². The van der Waals surface area contributed by atoms with E-state index in [2.05, 4.69) is 25.3 Å². The summed E-state index contributed by atoms with van der Waals surface area (Å²) in [6.45, 7) is 2.23. The fourth-order valence-electron chi connectivity index (χ4n) is 4.18. The molecule has 182 valence electrons. The molecule has 36 heavy (non-hydrogen) atoms. The molecule has 2 aromatic heterocycles. The number of carbonyl (C=O) groups is 3. The Morgan fingerprint density at radius 1 is 0.944 bits per heavy atom. The molecule has 11 heteroatoms. The largest absolute Gasteiger partial charge is 0.366 e. The average molecular weight is 485 g/mol. The summed E-state index contributed by atoms with van der Waals surface area (Å²) in [6.07, 6.45) is 2.99. The maximum Gasteiger partial charge on any atom is 0.254 e. The van der Waals surface area contributed by atoms with Gasteiger partial charge in [0.25, 0.3) is 17.7 Å². The first kappa shape index (κ1) is 23.0. The molecule has 0 spiro atoms. The quantitative estimate of drug-likeness (QED) is 0.388. The molecule has 3 heterocycles. The number of H-pyrrole nitrogens is 1. The monoisotopic (exact) mass is 484 g/mol. The number of aromatic nitrogens is 4. The lowest BCUT2D eigenvalue weighted by atomic mass is 10.1. The number of piperazine rings is 1. The second-order valence-corrected chi connectivity index (χ2v) is 8.36. The van der Waals surface area contributed by atoms with E-state index < -0.39 is 5.91 Å². The van der Waals surface area contributed by atoms with Crippen LogP contribution in [-0.2, 0) is 0 Å². The van der Waals surface area contributed by atoms with Gasteiger partial charge in [-0.2, -0.15) is 0 Å². The third-order valence-corrected chi connectivity index (χ3v) is 6.16. The van der Waals surface area contributed by atoms with E-state index in [1.54, 1.807) is 36.2 Å². The number of anilines is 1. The highest BCUT2D eigenvalue weighted by Gasteiger charge is 2.24. The van der Waals surface area contributed by atoms with Crippen LogP contribution in [0.2, 0.25) is 0 Å². The number of hydrogen-bond donors (Lipinski definition) is 3. The SMILES string of the molecule is CNC(=O)c1cnc(N2CCN(C(=O)c3ccc(-c4nc5c(C(N)=O)cccc5[nH]4)cc3)CC2)nc1. The van der Waals surface area contributed by atoms with E-state index in [1.165, 1.54) is 12.4 Å². The van der Waals surface area contributed by atoms with Crippen LogP contribution in [0.4, 0.5) is 5.95 Å². The zero-order valence-corrected chi connectivity index (χ0v) is 19.6. The van der Waals surface area contributed by atoms with Gasteiger partial charge in [-0.15, -0.1) is 0 Å². The van der Waals surface area contributed by atoms with Crippen molar-refractivity contribution in [1.29, 1.82) is 0 Å². The molecule has 0 aliphatic carbocycles.